The van der Waals surface area contributed by atoms with Crippen LogP contribution < -0.4 is 5.09 Å². The maximum atomic E-state index is 12.4. The van der Waals surface area contributed by atoms with Gasteiger partial charge in [-0.2, -0.15) is 0 Å². The van der Waals surface area contributed by atoms with E-state index in [-0.39, 0.29) is 25.5 Å². The molecule has 7 nitrogen and oxygen atoms in total. The van der Waals surface area contributed by atoms with E-state index in [2.05, 4.69) is 66.7 Å². The monoisotopic (exact) mass is 481 g/mol. The molecule has 0 aromatic carbocycles. The van der Waals surface area contributed by atoms with Crippen LogP contribution in [0.25, 0.3) is 0 Å². The molecule has 1 aliphatic heterocycles. The molecule has 1 saturated heterocycles. The van der Waals surface area contributed by atoms with Gasteiger partial charge >= 0.3 is 7.75 Å². The van der Waals surface area contributed by atoms with Crippen LogP contribution in [0.5, 0.6) is 0 Å². The van der Waals surface area contributed by atoms with E-state index in [1.807, 2.05) is 6.08 Å². The van der Waals surface area contributed by atoms with Gasteiger partial charge in [0.2, 0.25) is 11.7 Å². The highest BCUT2D eigenvalue weighted by Crippen LogP contribution is 2.49. The van der Waals surface area contributed by atoms with Gasteiger partial charge in [-0.25, -0.2) is 4.57 Å². The van der Waals surface area contributed by atoms with Crippen LogP contribution in [0.1, 0.15) is 58.3 Å². The molecule has 0 atom stereocenters. The van der Waals surface area contributed by atoms with Crippen LogP contribution in [0, 0.1) is 0 Å². The van der Waals surface area contributed by atoms with Gasteiger partial charge in [-0.15, -0.1) is 0 Å². The molecule has 1 heterocycles. The summed E-state index contributed by atoms with van der Waals surface area (Å²) in [5.74, 6) is -1.47. The van der Waals surface area contributed by atoms with Gasteiger partial charge in [-0.1, -0.05) is 67.7 Å². The molecule has 0 bridgehead atoms. The molecule has 0 spiro atoms. The minimum absolute atomic E-state index is 0.0857. The first-order valence-electron chi connectivity index (χ1n) is 11.5. The summed E-state index contributed by atoms with van der Waals surface area (Å²) in [5.41, 5.74) is 0. The summed E-state index contributed by atoms with van der Waals surface area (Å²) in [4.78, 5) is 12.0. The second-order valence-corrected chi connectivity index (χ2v) is 9.23. The van der Waals surface area contributed by atoms with E-state index in [0.717, 1.165) is 38.5 Å². The van der Waals surface area contributed by atoms with Crippen molar-refractivity contribution >= 4 is 13.7 Å². The molecule has 33 heavy (non-hydrogen) atoms. The zero-order valence-corrected chi connectivity index (χ0v) is 21.1. The minimum Gasteiger partial charge on any atom is -0.349 e. The molecule has 186 valence electrons. The van der Waals surface area contributed by atoms with Crippen LogP contribution in [0.2, 0.25) is 0 Å². The standard InChI is InChI=1S/C25H40NO6P/c1-4-5-6-7-8-9-10-11-12-13-14-15-16-17-18-19-20-21-24(27)26-33(28)31-22-25(29-2,30-3)23-32-33/h5-6,8-9,11-12,14-15,17-18H,4,7,10,13,16,19-23H2,1-3H3,(H,26,27,28)/b6-5-,9-8-,12-11-,15-14-,18-17-. The van der Waals surface area contributed by atoms with Crippen molar-refractivity contribution in [2.45, 2.75) is 64.1 Å². The fourth-order valence-electron chi connectivity index (χ4n) is 2.79. The largest absolute Gasteiger partial charge is 0.435 e. The molecule has 1 fully saturated rings. The van der Waals surface area contributed by atoms with Crippen LogP contribution in [-0.2, 0) is 27.9 Å². The lowest BCUT2D eigenvalue weighted by Gasteiger charge is -2.36. The third-order valence-electron chi connectivity index (χ3n) is 4.85. The number of carbonyl (C=O) groups excluding carboxylic acids is 1. The van der Waals surface area contributed by atoms with E-state index < -0.39 is 13.5 Å². The molecular formula is C25H40NO6P. The third-order valence-corrected chi connectivity index (χ3v) is 6.31. The number of carbonyl (C=O) groups is 1. The van der Waals surface area contributed by atoms with Gasteiger partial charge in [-0.3, -0.25) is 18.9 Å². The Morgan fingerprint density at radius 1 is 0.848 bits per heavy atom. The Kier molecular flexibility index (Phi) is 15.7. The zero-order valence-electron chi connectivity index (χ0n) is 20.2. The second-order valence-electron chi connectivity index (χ2n) is 7.50. The average Bonchev–Trinajstić information content (AvgIpc) is 2.82. The maximum absolute atomic E-state index is 12.4. The highest BCUT2D eigenvalue weighted by atomic mass is 31.2. The summed E-state index contributed by atoms with van der Waals surface area (Å²) < 4.78 is 33.1. The number of allylic oxidation sites excluding steroid dienone is 10. The van der Waals surface area contributed by atoms with Gasteiger partial charge in [-0.05, 0) is 44.9 Å². The summed E-state index contributed by atoms with van der Waals surface area (Å²) in [7, 11) is -0.779. The molecule has 1 N–H and O–H groups in total. The van der Waals surface area contributed by atoms with Crippen molar-refractivity contribution in [3.05, 3.63) is 60.8 Å². The molecule has 1 aliphatic rings. The van der Waals surface area contributed by atoms with Gasteiger partial charge in [0.25, 0.3) is 0 Å². The first-order valence-corrected chi connectivity index (χ1v) is 13.1. The molecular weight excluding hydrogens is 441 g/mol. The van der Waals surface area contributed by atoms with E-state index in [9.17, 15) is 9.36 Å². The number of hydrogen-bond donors (Lipinski definition) is 1. The number of hydrogen-bond acceptors (Lipinski definition) is 6. The molecule has 8 heteroatoms. The highest BCUT2D eigenvalue weighted by Gasteiger charge is 2.44. The van der Waals surface area contributed by atoms with Crippen molar-refractivity contribution < 1.29 is 27.9 Å². The number of methoxy groups -OCH3 is 2. The number of unbranched alkanes of at least 4 members (excludes halogenated alkanes) is 1. The molecule has 0 saturated carbocycles. The minimum atomic E-state index is -3.67. The quantitative estimate of drug-likeness (QED) is 0.123. The van der Waals surface area contributed by atoms with E-state index in [1.54, 1.807) is 0 Å². The van der Waals surface area contributed by atoms with Crippen LogP contribution in [-0.4, -0.2) is 39.1 Å². The Balaban J connectivity index is 2.08. The second kappa shape index (κ2) is 17.7. The lowest BCUT2D eigenvalue weighted by molar-refractivity contribution is -0.251. The van der Waals surface area contributed by atoms with Gasteiger partial charge < -0.3 is 9.47 Å². The van der Waals surface area contributed by atoms with E-state index in [0.29, 0.717) is 6.42 Å². The fraction of sp³-hybridized carbons (Fsp3) is 0.560. The van der Waals surface area contributed by atoms with Crippen molar-refractivity contribution in [3.63, 3.8) is 0 Å². The van der Waals surface area contributed by atoms with Crippen LogP contribution >= 0.6 is 7.75 Å². The molecule has 0 aromatic rings. The van der Waals surface area contributed by atoms with E-state index >= 15 is 0 Å². The highest BCUT2D eigenvalue weighted by molar-refractivity contribution is 7.52. The lowest BCUT2D eigenvalue weighted by atomic mass is 10.2. The van der Waals surface area contributed by atoms with Crippen molar-refractivity contribution in [2.75, 3.05) is 27.4 Å². The average molecular weight is 482 g/mol. The van der Waals surface area contributed by atoms with E-state index in [1.165, 1.54) is 14.2 Å². The van der Waals surface area contributed by atoms with Crippen LogP contribution in [0.4, 0.5) is 0 Å². The summed E-state index contributed by atoms with van der Waals surface area (Å²) in [6.45, 7) is 1.97. The Morgan fingerprint density at radius 2 is 1.30 bits per heavy atom. The molecule has 0 radical (unpaired) electrons. The lowest BCUT2D eigenvalue weighted by Crippen LogP contribution is -2.47. The van der Waals surface area contributed by atoms with Crippen LogP contribution in [0.15, 0.2) is 60.8 Å². The van der Waals surface area contributed by atoms with Gasteiger partial charge in [0.05, 0.1) is 0 Å². The summed E-state index contributed by atoms with van der Waals surface area (Å²) in [5, 5.41) is 2.35. The van der Waals surface area contributed by atoms with Gasteiger partial charge in [0.1, 0.15) is 13.2 Å². The Labute approximate surface area is 199 Å². The predicted octanol–water partition coefficient (Wildman–Crippen LogP) is 6.17. The Bertz CT molecular complexity index is 723. The molecule has 0 aromatic heterocycles. The molecule has 0 unspecified atom stereocenters. The van der Waals surface area contributed by atoms with Crippen LogP contribution in [0.3, 0.4) is 0 Å². The zero-order chi connectivity index (χ0) is 24.3. The SMILES string of the molecule is CC/C=C\C/C=C\C/C=C\C/C=C\C/C=C\CCCC(=O)NP1(=O)OCC(OC)(OC)CO1. The summed E-state index contributed by atoms with van der Waals surface area (Å²) in [6.07, 6.45) is 28.0. The maximum Gasteiger partial charge on any atom is 0.435 e. The number of rotatable bonds is 16. The first-order chi connectivity index (χ1) is 16.0. The van der Waals surface area contributed by atoms with Gasteiger partial charge in [0.15, 0.2) is 0 Å². The molecule has 0 aliphatic carbocycles. The first kappa shape index (κ1) is 29.3. The summed E-state index contributed by atoms with van der Waals surface area (Å²) in [6, 6.07) is 0. The van der Waals surface area contributed by atoms with Crippen molar-refractivity contribution in [1.29, 1.82) is 0 Å². The third kappa shape index (κ3) is 13.5. The summed E-state index contributed by atoms with van der Waals surface area (Å²) >= 11 is 0. The predicted molar refractivity (Wildman–Crippen MR) is 133 cm³/mol. The number of amides is 1. The van der Waals surface area contributed by atoms with Crippen molar-refractivity contribution in [2.24, 2.45) is 0 Å². The smallest absolute Gasteiger partial charge is 0.349 e. The molecule has 1 rings (SSSR count). The Morgan fingerprint density at radius 3 is 1.76 bits per heavy atom. The number of ether oxygens (including phenoxy) is 2. The number of nitrogens with one attached hydrogen (secondary N) is 1. The normalized spacial score (nSPS) is 18.4. The van der Waals surface area contributed by atoms with Gasteiger partial charge in [0, 0.05) is 20.6 Å². The van der Waals surface area contributed by atoms with Crippen molar-refractivity contribution in [1.82, 2.24) is 5.09 Å². The Hall–Kier alpha value is -1.76. The molecule has 1 amide bonds. The van der Waals surface area contributed by atoms with Crippen molar-refractivity contribution in [3.8, 4) is 0 Å². The fourth-order valence-corrected chi connectivity index (χ4v) is 4.14. The van der Waals surface area contributed by atoms with E-state index in [4.69, 9.17) is 18.5 Å². The topological polar surface area (TPSA) is 83.1 Å².